The molecule has 1 aromatic rings. The van der Waals surface area contributed by atoms with Crippen molar-refractivity contribution in [2.45, 2.75) is 39.5 Å². The van der Waals surface area contributed by atoms with Crippen LogP contribution in [0, 0.1) is 13.8 Å². The first-order valence-corrected chi connectivity index (χ1v) is 6.16. The van der Waals surface area contributed by atoms with Crippen LogP contribution in [0.4, 0.5) is 5.69 Å². The van der Waals surface area contributed by atoms with Crippen LogP contribution < -0.4 is 5.32 Å². The molecule has 0 spiro atoms. The van der Waals surface area contributed by atoms with Gasteiger partial charge in [0, 0.05) is 18.8 Å². The summed E-state index contributed by atoms with van der Waals surface area (Å²) in [6.45, 7) is 5.64. The van der Waals surface area contributed by atoms with E-state index in [1.807, 2.05) is 0 Å². The molecule has 1 rings (SSSR count). The molecular formula is C14H23NO. The lowest BCUT2D eigenvalue weighted by Gasteiger charge is -2.11. The molecule has 0 saturated carbocycles. The third kappa shape index (κ3) is 4.23. The maximum absolute atomic E-state index is 8.65. The predicted molar refractivity (Wildman–Crippen MR) is 70.0 cm³/mol. The summed E-state index contributed by atoms with van der Waals surface area (Å²) in [4.78, 5) is 0. The van der Waals surface area contributed by atoms with Gasteiger partial charge in [0.25, 0.3) is 0 Å². The maximum atomic E-state index is 8.65. The number of nitrogens with one attached hydrogen (secondary N) is 1. The van der Waals surface area contributed by atoms with Crippen LogP contribution >= 0.6 is 0 Å². The first-order chi connectivity index (χ1) is 7.75. The average Bonchev–Trinajstić information content (AvgIpc) is 2.29. The fourth-order valence-electron chi connectivity index (χ4n) is 1.76. The van der Waals surface area contributed by atoms with Gasteiger partial charge < -0.3 is 10.4 Å². The molecule has 0 aliphatic rings. The van der Waals surface area contributed by atoms with Crippen molar-refractivity contribution in [1.82, 2.24) is 0 Å². The Kier molecular flexibility index (Phi) is 5.94. The molecule has 90 valence electrons. The molecule has 16 heavy (non-hydrogen) atoms. The second kappa shape index (κ2) is 7.29. The zero-order valence-corrected chi connectivity index (χ0v) is 10.4. The molecule has 2 N–H and O–H groups in total. The SMILES string of the molecule is Cc1cccc(NCCCCCCO)c1C. The second-order valence-corrected chi connectivity index (χ2v) is 4.31. The van der Waals surface area contributed by atoms with Crippen molar-refractivity contribution in [2.24, 2.45) is 0 Å². The van der Waals surface area contributed by atoms with Crippen LogP contribution in [-0.4, -0.2) is 18.3 Å². The minimum Gasteiger partial charge on any atom is -0.396 e. The smallest absolute Gasteiger partial charge is 0.0431 e. The Bertz CT molecular complexity index is 310. The van der Waals surface area contributed by atoms with E-state index < -0.39 is 0 Å². The molecule has 2 heteroatoms. The van der Waals surface area contributed by atoms with Gasteiger partial charge in [-0.05, 0) is 43.9 Å². The summed E-state index contributed by atoms with van der Waals surface area (Å²) in [6, 6.07) is 6.37. The van der Waals surface area contributed by atoms with E-state index in [2.05, 4.69) is 37.4 Å². The summed E-state index contributed by atoms with van der Waals surface area (Å²) < 4.78 is 0. The Morgan fingerprint density at radius 2 is 1.81 bits per heavy atom. The molecule has 0 amide bonds. The van der Waals surface area contributed by atoms with Gasteiger partial charge in [0.1, 0.15) is 0 Å². The summed E-state index contributed by atoms with van der Waals surface area (Å²) >= 11 is 0. The molecule has 2 nitrogen and oxygen atoms in total. The number of unbranched alkanes of at least 4 members (excludes halogenated alkanes) is 3. The Hall–Kier alpha value is -1.02. The van der Waals surface area contributed by atoms with E-state index in [0.717, 1.165) is 19.4 Å². The number of aryl methyl sites for hydroxylation is 1. The van der Waals surface area contributed by atoms with E-state index in [1.54, 1.807) is 0 Å². The number of benzene rings is 1. The predicted octanol–water partition coefficient (Wildman–Crippen LogP) is 3.27. The topological polar surface area (TPSA) is 32.3 Å². The van der Waals surface area contributed by atoms with Crippen LogP contribution in [0.2, 0.25) is 0 Å². The molecule has 0 radical (unpaired) electrons. The lowest BCUT2D eigenvalue weighted by atomic mass is 10.1. The summed E-state index contributed by atoms with van der Waals surface area (Å²) in [7, 11) is 0. The van der Waals surface area contributed by atoms with Gasteiger partial charge in [-0.1, -0.05) is 25.0 Å². The number of aliphatic hydroxyl groups is 1. The van der Waals surface area contributed by atoms with Crippen LogP contribution in [0.3, 0.4) is 0 Å². The van der Waals surface area contributed by atoms with E-state index in [1.165, 1.54) is 29.7 Å². The highest BCUT2D eigenvalue weighted by molar-refractivity contribution is 5.53. The van der Waals surface area contributed by atoms with Gasteiger partial charge in [0.15, 0.2) is 0 Å². The van der Waals surface area contributed by atoms with Gasteiger partial charge in [0.05, 0.1) is 0 Å². The highest BCUT2D eigenvalue weighted by Gasteiger charge is 1.98. The Morgan fingerprint density at radius 3 is 2.56 bits per heavy atom. The summed E-state index contributed by atoms with van der Waals surface area (Å²) in [5.74, 6) is 0. The molecule has 0 aliphatic heterocycles. The molecule has 0 unspecified atom stereocenters. The van der Waals surface area contributed by atoms with Crippen molar-refractivity contribution < 1.29 is 5.11 Å². The lowest BCUT2D eigenvalue weighted by molar-refractivity contribution is 0.283. The van der Waals surface area contributed by atoms with E-state index in [4.69, 9.17) is 5.11 Å². The fourth-order valence-corrected chi connectivity index (χ4v) is 1.76. The van der Waals surface area contributed by atoms with Crippen LogP contribution in [0.5, 0.6) is 0 Å². The summed E-state index contributed by atoms with van der Waals surface area (Å²) in [5, 5.41) is 12.1. The maximum Gasteiger partial charge on any atom is 0.0431 e. The van der Waals surface area contributed by atoms with Gasteiger partial charge in [-0.2, -0.15) is 0 Å². The van der Waals surface area contributed by atoms with E-state index in [0.29, 0.717) is 6.61 Å². The number of hydrogen-bond acceptors (Lipinski definition) is 2. The van der Waals surface area contributed by atoms with E-state index in [9.17, 15) is 0 Å². The number of hydrogen-bond donors (Lipinski definition) is 2. The second-order valence-electron chi connectivity index (χ2n) is 4.31. The van der Waals surface area contributed by atoms with Gasteiger partial charge >= 0.3 is 0 Å². The Labute approximate surface area is 98.7 Å². The van der Waals surface area contributed by atoms with Crippen LogP contribution in [0.25, 0.3) is 0 Å². The molecule has 0 heterocycles. The molecular weight excluding hydrogens is 198 g/mol. The molecule has 0 aromatic heterocycles. The number of aliphatic hydroxyl groups excluding tert-OH is 1. The molecule has 0 bridgehead atoms. The summed E-state index contributed by atoms with van der Waals surface area (Å²) in [5.41, 5.74) is 3.94. The van der Waals surface area contributed by atoms with Crippen LogP contribution in [-0.2, 0) is 0 Å². The van der Waals surface area contributed by atoms with Gasteiger partial charge in [-0.15, -0.1) is 0 Å². The van der Waals surface area contributed by atoms with Crippen molar-refractivity contribution in [1.29, 1.82) is 0 Å². The van der Waals surface area contributed by atoms with Crippen molar-refractivity contribution >= 4 is 5.69 Å². The van der Waals surface area contributed by atoms with Gasteiger partial charge in [-0.3, -0.25) is 0 Å². The Morgan fingerprint density at radius 1 is 1.06 bits per heavy atom. The number of anilines is 1. The minimum absolute atomic E-state index is 0.324. The molecule has 0 fully saturated rings. The Balaban J connectivity index is 2.24. The standard InChI is InChI=1S/C14H23NO/c1-12-8-7-9-14(13(12)2)15-10-5-3-4-6-11-16/h7-9,15-16H,3-6,10-11H2,1-2H3. The average molecular weight is 221 g/mol. The monoisotopic (exact) mass is 221 g/mol. The zero-order valence-electron chi connectivity index (χ0n) is 10.4. The third-order valence-corrected chi connectivity index (χ3v) is 3.00. The molecule has 1 aromatic carbocycles. The normalized spacial score (nSPS) is 10.4. The lowest BCUT2D eigenvalue weighted by Crippen LogP contribution is -2.03. The fraction of sp³-hybridized carbons (Fsp3) is 0.571. The van der Waals surface area contributed by atoms with Crippen molar-refractivity contribution in [3.05, 3.63) is 29.3 Å². The van der Waals surface area contributed by atoms with E-state index >= 15 is 0 Å². The van der Waals surface area contributed by atoms with Gasteiger partial charge in [0.2, 0.25) is 0 Å². The highest BCUT2D eigenvalue weighted by Crippen LogP contribution is 2.17. The molecule has 0 atom stereocenters. The molecule has 0 saturated heterocycles. The third-order valence-electron chi connectivity index (χ3n) is 3.00. The van der Waals surface area contributed by atoms with Crippen molar-refractivity contribution in [3.63, 3.8) is 0 Å². The summed E-state index contributed by atoms with van der Waals surface area (Å²) in [6.07, 6.45) is 4.43. The highest BCUT2D eigenvalue weighted by atomic mass is 16.2. The van der Waals surface area contributed by atoms with E-state index in [-0.39, 0.29) is 0 Å². The van der Waals surface area contributed by atoms with Crippen molar-refractivity contribution in [2.75, 3.05) is 18.5 Å². The minimum atomic E-state index is 0.324. The first-order valence-electron chi connectivity index (χ1n) is 6.16. The van der Waals surface area contributed by atoms with Crippen molar-refractivity contribution in [3.8, 4) is 0 Å². The quantitative estimate of drug-likeness (QED) is 0.693. The number of rotatable bonds is 7. The van der Waals surface area contributed by atoms with Gasteiger partial charge in [-0.25, -0.2) is 0 Å². The molecule has 0 aliphatic carbocycles. The zero-order chi connectivity index (χ0) is 11.8. The first kappa shape index (κ1) is 13.0. The largest absolute Gasteiger partial charge is 0.396 e. The van der Waals surface area contributed by atoms with Crippen LogP contribution in [0.1, 0.15) is 36.8 Å². The van der Waals surface area contributed by atoms with Crippen LogP contribution in [0.15, 0.2) is 18.2 Å².